The molecule has 3 nitrogen and oxygen atoms in total. The standard InChI is InChI=1S/C11H17BrN2O/c1-4-8(2)15-11-9(6-13-3)5-10(12)7-14-11/h5,7-8,13H,4,6H2,1-3H3. The molecule has 0 spiro atoms. The average Bonchev–Trinajstić information content (AvgIpc) is 2.22. The summed E-state index contributed by atoms with van der Waals surface area (Å²) in [5.41, 5.74) is 1.08. The maximum atomic E-state index is 5.73. The zero-order valence-electron chi connectivity index (χ0n) is 9.38. The van der Waals surface area contributed by atoms with E-state index in [1.807, 2.05) is 20.0 Å². The van der Waals surface area contributed by atoms with Gasteiger partial charge in [0, 0.05) is 22.8 Å². The number of rotatable bonds is 5. The SMILES string of the molecule is CCC(C)Oc1ncc(Br)cc1CNC. The third-order valence-electron chi connectivity index (χ3n) is 2.15. The van der Waals surface area contributed by atoms with E-state index in [0.717, 1.165) is 28.9 Å². The van der Waals surface area contributed by atoms with Crippen LogP contribution in [0.25, 0.3) is 0 Å². The molecule has 0 aliphatic rings. The Morgan fingerprint density at radius 1 is 1.60 bits per heavy atom. The van der Waals surface area contributed by atoms with Crippen LogP contribution >= 0.6 is 15.9 Å². The van der Waals surface area contributed by atoms with Crippen molar-refractivity contribution in [1.82, 2.24) is 10.3 Å². The summed E-state index contributed by atoms with van der Waals surface area (Å²) in [6.45, 7) is 4.91. The van der Waals surface area contributed by atoms with Gasteiger partial charge in [-0.05, 0) is 42.4 Å². The lowest BCUT2D eigenvalue weighted by atomic mass is 10.2. The van der Waals surface area contributed by atoms with Crippen LogP contribution in [0.2, 0.25) is 0 Å². The van der Waals surface area contributed by atoms with Crippen LogP contribution in [0, 0.1) is 0 Å². The van der Waals surface area contributed by atoms with E-state index in [1.54, 1.807) is 6.20 Å². The fourth-order valence-electron chi connectivity index (χ4n) is 1.17. The van der Waals surface area contributed by atoms with Gasteiger partial charge in [0.1, 0.15) is 0 Å². The lowest BCUT2D eigenvalue weighted by Gasteiger charge is -2.14. The Morgan fingerprint density at radius 3 is 2.93 bits per heavy atom. The van der Waals surface area contributed by atoms with Crippen LogP contribution < -0.4 is 10.1 Å². The number of pyridine rings is 1. The van der Waals surface area contributed by atoms with Crippen LogP contribution in [-0.4, -0.2) is 18.1 Å². The summed E-state index contributed by atoms with van der Waals surface area (Å²) in [5.74, 6) is 0.724. The maximum absolute atomic E-state index is 5.73. The number of nitrogens with zero attached hydrogens (tertiary/aromatic N) is 1. The Labute approximate surface area is 99.4 Å². The van der Waals surface area contributed by atoms with Gasteiger partial charge in [0.2, 0.25) is 5.88 Å². The van der Waals surface area contributed by atoms with Crippen molar-refractivity contribution in [2.75, 3.05) is 7.05 Å². The van der Waals surface area contributed by atoms with E-state index in [2.05, 4.69) is 33.2 Å². The average molecular weight is 273 g/mol. The molecule has 84 valence electrons. The van der Waals surface area contributed by atoms with E-state index >= 15 is 0 Å². The third kappa shape index (κ3) is 3.80. The Bertz CT molecular complexity index is 317. The first kappa shape index (κ1) is 12.5. The van der Waals surface area contributed by atoms with Gasteiger partial charge < -0.3 is 10.1 Å². The van der Waals surface area contributed by atoms with Crippen LogP contribution in [-0.2, 0) is 6.54 Å². The molecule has 1 unspecified atom stereocenters. The van der Waals surface area contributed by atoms with E-state index in [4.69, 9.17) is 4.74 Å². The second-order valence-electron chi connectivity index (χ2n) is 3.48. The van der Waals surface area contributed by atoms with Gasteiger partial charge in [-0.25, -0.2) is 4.98 Å². The molecule has 1 atom stereocenters. The van der Waals surface area contributed by atoms with Crippen molar-refractivity contribution in [3.63, 3.8) is 0 Å². The summed E-state index contributed by atoms with van der Waals surface area (Å²) in [4.78, 5) is 4.28. The molecule has 1 heterocycles. The zero-order chi connectivity index (χ0) is 11.3. The van der Waals surface area contributed by atoms with Crippen molar-refractivity contribution in [2.45, 2.75) is 32.9 Å². The maximum Gasteiger partial charge on any atom is 0.218 e. The van der Waals surface area contributed by atoms with E-state index in [9.17, 15) is 0 Å². The molecule has 0 amide bonds. The lowest BCUT2D eigenvalue weighted by Crippen LogP contribution is -2.14. The predicted octanol–water partition coefficient (Wildman–Crippen LogP) is 2.74. The molecule has 1 aromatic heterocycles. The van der Waals surface area contributed by atoms with Crippen LogP contribution in [0.1, 0.15) is 25.8 Å². The Kier molecular flexibility index (Phi) is 5.05. The molecule has 0 radical (unpaired) electrons. The van der Waals surface area contributed by atoms with Gasteiger partial charge in [0.15, 0.2) is 0 Å². The normalized spacial score (nSPS) is 12.5. The number of hydrogen-bond acceptors (Lipinski definition) is 3. The first-order chi connectivity index (χ1) is 7.17. The molecular weight excluding hydrogens is 256 g/mol. The molecule has 0 aromatic carbocycles. The second kappa shape index (κ2) is 6.08. The fourth-order valence-corrected chi connectivity index (χ4v) is 1.54. The van der Waals surface area contributed by atoms with E-state index in [-0.39, 0.29) is 6.10 Å². The van der Waals surface area contributed by atoms with Crippen molar-refractivity contribution >= 4 is 15.9 Å². The van der Waals surface area contributed by atoms with Crippen LogP contribution in [0.5, 0.6) is 5.88 Å². The molecule has 1 rings (SSSR count). The summed E-state index contributed by atoms with van der Waals surface area (Å²) in [6.07, 6.45) is 2.95. The van der Waals surface area contributed by atoms with Crippen molar-refractivity contribution in [3.05, 3.63) is 22.3 Å². The largest absolute Gasteiger partial charge is 0.474 e. The van der Waals surface area contributed by atoms with Crippen LogP contribution in [0.3, 0.4) is 0 Å². The van der Waals surface area contributed by atoms with Crippen molar-refractivity contribution < 1.29 is 4.74 Å². The Balaban J connectivity index is 2.85. The zero-order valence-corrected chi connectivity index (χ0v) is 11.0. The summed E-state index contributed by atoms with van der Waals surface area (Å²) in [5, 5.41) is 3.10. The van der Waals surface area contributed by atoms with Gasteiger partial charge in [0.25, 0.3) is 0 Å². The molecular formula is C11H17BrN2O. The van der Waals surface area contributed by atoms with E-state index < -0.39 is 0 Å². The molecule has 1 N–H and O–H groups in total. The smallest absolute Gasteiger partial charge is 0.218 e. The number of halogens is 1. The van der Waals surface area contributed by atoms with Gasteiger partial charge in [-0.2, -0.15) is 0 Å². The topological polar surface area (TPSA) is 34.1 Å². The van der Waals surface area contributed by atoms with Gasteiger partial charge in [-0.1, -0.05) is 6.92 Å². The van der Waals surface area contributed by atoms with Crippen molar-refractivity contribution in [2.24, 2.45) is 0 Å². The minimum atomic E-state index is 0.203. The number of ether oxygens (including phenoxy) is 1. The molecule has 4 heteroatoms. The first-order valence-corrected chi connectivity index (χ1v) is 5.92. The molecule has 0 aliphatic heterocycles. The molecule has 0 aliphatic carbocycles. The monoisotopic (exact) mass is 272 g/mol. The highest BCUT2D eigenvalue weighted by Gasteiger charge is 2.08. The molecule has 0 saturated heterocycles. The molecule has 0 saturated carbocycles. The van der Waals surface area contributed by atoms with Gasteiger partial charge in [0.05, 0.1) is 6.10 Å². The molecule has 15 heavy (non-hydrogen) atoms. The lowest BCUT2D eigenvalue weighted by molar-refractivity contribution is 0.206. The van der Waals surface area contributed by atoms with Crippen LogP contribution in [0.15, 0.2) is 16.7 Å². The quantitative estimate of drug-likeness (QED) is 0.895. The summed E-state index contributed by atoms with van der Waals surface area (Å²) in [7, 11) is 1.91. The summed E-state index contributed by atoms with van der Waals surface area (Å²) in [6, 6.07) is 2.03. The highest BCUT2D eigenvalue weighted by atomic mass is 79.9. The molecule has 0 fully saturated rings. The Morgan fingerprint density at radius 2 is 2.33 bits per heavy atom. The molecule has 0 bridgehead atoms. The number of aromatic nitrogens is 1. The molecule has 1 aromatic rings. The highest BCUT2D eigenvalue weighted by Crippen LogP contribution is 2.21. The van der Waals surface area contributed by atoms with Gasteiger partial charge in [-0.3, -0.25) is 0 Å². The number of nitrogens with one attached hydrogen (secondary N) is 1. The van der Waals surface area contributed by atoms with Crippen molar-refractivity contribution in [3.8, 4) is 5.88 Å². The van der Waals surface area contributed by atoms with Crippen molar-refractivity contribution in [1.29, 1.82) is 0 Å². The van der Waals surface area contributed by atoms with E-state index in [0.29, 0.717) is 0 Å². The minimum Gasteiger partial charge on any atom is -0.474 e. The van der Waals surface area contributed by atoms with Gasteiger partial charge >= 0.3 is 0 Å². The second-order valence-corrected chi connectivity index (χ2v) is 4.40. The summed E-state index contributed by atoms with van der Waals surface area (Å²) >= 11 is 3.40. The predicted molar refractivity (Wildman–Crippen MR) is 65.1 cm³/mol. The first-order valence-electron chi connectivity index (χ1n) is 5.13. The third-order valence-corrected chi connectivity index (χ3v) is 2.58. The minimum absolute atomic E-state index is 0.203. The van der Waals surface area contributed by atoms with Crippen LogP contribution in [0.4, 0.5) is 0 Å². The summed E-state index contributed by atoms with van der Waals surface area (Å²) < 4.78 is 6.71. The fraction of sp³-hybridized carbons (Fsp3) is 0.545. The van der Waals surface area contributed by atoms with E-state index in [1.165, 1.54) is 0 Å². The van der Waals surface area contributed by atoms with Gasteiger partial charge in [-0.15, -0.1) is 0 Å². The number of hydrogen-bond donors (Lipinski definition) is 1. The highest BCUT2D eigenvalue weighted by molar-refractivity contribution is 9.10. The Hall–Kier alpha value is -0.610.